The van der Waals surface area contributed by atoms with Gasteiger partial charge in [0.1, 0.15) is 5.82 Å². The predicted molar refractivity (Wildman–Crippen MR) is 73.3 cm³/mol. The molecule has 1 atom stereocenters. The monoisotopic (exact) mass is 250 g/mol. The number of halogens is 1. The third-order valence-corrected chi connectivity index (χ3v) is 3.92. The third kappa shape index (κ3) is 3.53. The lowest BCUT2D eigenvalue weighted by molar-refractivity contribution is 0.106. The van der Waals surface area contributed by atoms with Crippen LogP contribution >= 0.6 is 0 Å². The minimum atomic E-state index is -0.150. The van der Waals surface area contributed by atoms with E-state index in [1.54, 1.807) is 12.1 Å². The fourth-order valence-corrected chi connectivity index (χ4v) is 2.61. The molecule has 1 heterocycles. The first kappa shape index (κ1) is 13.5. The van der Waals surface area contributed by atoms with E-state index in [4.69, 9.17) is 0 Å². The smallest absolute Gasteiger partial charge is 0.123 e. The fraction of sp³-hybridized carbons (Fsp3) is 0.600. The van der Waals surface area contributed by atoms with E-state index < -0.39 is 0 Å². The standard InChI is InChI=1S/C15H23FN2/c1-3-17-8-10-18(11-9-17)13(2)12-14-4-6-15(16)7-5-14/h4-7,13H,3,8-12H2,1-2H3/t13-/m0/s1. The van der Waals surface area contributed by atoms with Crippen LogP contribution in [0.3, 0.4) is 0 Å². The molecule has 1 aliphatic rings. The van der Waals surface area contributed by atoms with Crippen LogP contribution in [-0.2, 0) is 6.42 Å². The van der Waals surface area contributed by atoms with Crippen molar-refractivity contribution in [2.75, 3.05) is 32.7 Å². The van der Waals surface area contributed by atoms with E-state index in [1.165, 1.54) is 18.7 Å². The topological polar surface area (TPSA) is 6.48 Å². The molecule has 0 spiro atoms. The van der Waals surface area contributed by atoms with Crippen LogP contribution in [0.15, 0.2) is 24.3 Å². The van der Waals surface area contributed by atoms with Crippen LogP contribution in [0.2, 0.25) is 0 Å². The minimum Gasteiger partial charge on any atom is -0.301 e. The summed E-state index contributed by atoms with van der Waals surface area (Å²) in [5.41, 5.74) is 1.22. The first-order chi connectivity index (χ1) is 8.69. The average Bonchev–Trinajstić information content (AvgIpc) is 2.41. The predicted octanol–water partition coefficient (Wildman–Crippen LogP) is 2.39. The van der Waals surface area contributed by atoms with Crippen LogP contribution in [-0.4, -0.2) is 48.6 Å². The summed E-state index contributed by atoms with van der Waals surface area (Å²) in [6.45, 7) is 10.3. The molecule has 18 heavy (non-hydrogen) atoms. The fourth-order valence-electron chi connectivity index (χ4n) is 2.61. The van der Waals surface area contributed by atoms with Crippen molar-refractivity contribution in [2.45, 2.75) is 26.3 Å². The van der Waals surface area contributed by atoms with E-state index in [0.717, 1.165) is 26.1 Å². The quantitative estimate of drug-likeness (QED) is 0.809. The van der Waals surface area contributed by atoms with Crippen LogP contribution in [0.4, 0.5) is 4.39 Å². The maximum atomic E-state index is 12.8. The summed E-state index contributed by atoms with van der Waals surface area (Å²) in [6, 6.07) is 7.44. The van der Waals surface area contributed by atoms with Crippen LogP contribution in [0, 0.1) is 5.82 Å². The van der Waals surface area contributed by atoms with Crippen LogP contribution in [0.1, 0.15) is 19.4 Å². The summed E-state index contributed by atoms with van der Waals surface area (Å²) in [5, 5.41) is 0. The molecule has 100 valence electrons. The highest BCUT2D eigenvalue weighted by atomic mass is 19.1. The molecule has 2 rings (SSSR count). The Kier molecular flexibility index (Phi) is 4.72. The Morgan fingerprint density at radius 1 is 1.11 bits per heavy atom. The van der Waals surface area contributed by atoms with Crippen molar-refractivity contribution in [1.82, 2.24) is 9.80 Å². The van der Waals surface area contributed by atoms with Gasteiger partial charge in [0, 0.05) is 32.2 Å². The normalized spacial score (nSPS) is 19.9. The van der Waals surface area contributed by atoms with Gasteiger partial charge in [-0.25, -0.2) is 4.39 Å². The van der Waals surface area contributed by atoms with Gasteiger partial charge in [-0.05, 0) is 37.6 Å². The molecule has 1 fully saturated rings. The number of benzene rings is 1. The molecule has 0 unspecified atom stereocenters. The highest BCUT2D eigenvalue weighted by molar-refractivity contribution is 5.17. The zero-order valence-electron chi connectivity index (χ0n) is 11.4. The number of hydrogen-bond donors (Lipinski definition) is 0. The second-order valence-corrected chi connectivity index (χ2v) is 5.15. The van der Waals surface area contributed by atoms with E-state index >= 15 is 0 Å². The van der Waals surface area contributed by atoms with Crippen molar-refractivity contribution in [1.29, 1.82) is 0 Å². The van der Waals surface area contributed by atoms with Crippen LogP contribution in [0.25, 0.3) is 0 Å². The van der Waals surface area contributed by atoms with Crippen molar-refractivity contribution in [3.8, 4) is 0 Å². The van der Waals surface area contributed by atoms with E-state index in [2.05, 4.69) is 23.6 Å². The van der Waals surface area contributed by atoms with E-state index in [1.807, 2.05) is 12.1 Å². The van der Waals surface area contributed by atoms with Gasteiger partial charge in [0.05, 0.1) is 0 Å². The number of likely N-dealkylation sites (N-methyl/N-ethyl adjacent to an activating group) is 1. The molecular weight excluding hydrogens is 227 g/mol. The Morgan fingerprint density at radius 3 is 2.28 bits per heavy atom. The Labute approximate surface area is 109 Å². The summed E-state index contributed by atoms with van der Waals surface area (Å²) in [5.74, 6) is -0.150. The van der Waals surface area contributed by atoms with E-state index in [0.29, 0.717) is 6.04 Å². The number of nitrogens with zero attached hydrogens (tertiary/aromatic N) is 2. The molecule has 0 aromatic heterocycles. The Hall–Kier alpha value is -0.930. The molecular formula is C15H23FN2. The van der Waals surface area contributed by atoms with Gasteiger partial charge in [0.2, 0.25) is 0 Å². The largest absolute Gasteiger partial charge is 0.301 e. The van der Waals surface area contributed by atoms with Gasteiger partial charge >= 0.3 is 0 Å². The third-order valence-electron chi connectivity index (χ3n) is 3.92. The summed E-state index contributed by atoms with van der Waals surface area (Å²) in [4.78, 5) is 5.02. The zero-order valence-corrected chi connectivity index (χ0v) is 11.4. The summed E-state index contributed by atoms with van der Waals surface area (Å²) < 4.78 is 12.8. The first-order valence-electron chi connectivity index (χ1n) is 6.90. The number of hydrogen-bond acceptors (Lipinski definition) is 2. The second-order valence-electron chi connectivity index (χ2n) is 5.15. The van der Waals surface area contributed by atoms with E-state index in [-0.39, 0.29) is 5.82 Å². The van der Waals surface area contributed by atoms with Crippen LogP contribution in [0.5, 0.6) is 0 Å². The summed E-state index contributed by atoms with van der Waals surface area (Å²) in [6.07, 6.45) is 1.01. The lowest BCUT2D eigenvalue weighted by Crippen LogP contribution is -2.49. The molecule has 3 heteroatoms. The van der Waals surface area contributed by atoms with Crippen molar-refractivity contribution in [3.05, 3.63) is 35.6 Å². The van der Waals surface area contributed by atoms with Crippen molar-refractivity contribution in [3.63, 3.8) is 0 Å². The Balaban J connectivity index is 1.85. The molecule has 1 aliphatic heterocycles. The SMILES string of the molecule is CCN1CCN([C@@H](C)Cc2ccc(F)cc2)CC1. The molecule has 1 aromatic rings. The number of rotatable bonds is 4. The highest BCUT2D eigenvalue weighted by Gasteiger charge is 2.20. The molecule has 0 N–H and O–H groups in total. The lowest BCUT2D eigenvalue weighted by Gasteiger charge is -2.37. The number of piperazine rings is 1. The molecule has 1 aromatic carbocycles. The zero-order chi connectivity index (χ0) is 13.0. The van der Waals surface area contributed by atoms with Gasteiger partial charge in [0.15, 0.2) is 0 Å². The van der Waals surface area contributed by atoms with Gasteiger partial charge in [-0.1, -0.05) is 19.1 Å². The Bertz CT molecular complexity index is 355. The summed E-state index contributed by atoms with van der Waals surface area (Å²) in [7, 11) is 0. The van der Waals surface area contributed by atoms with Gasteiger partial charge in [0.25, 0.3) is 0 Å². The molecule has 0 radical (unpaired) electrons. The average molecular weight is 250 g/mol. The molecule has 0 amide bonds. The van der Waals surface area contributed by atoms with Gasteiger partial charge in [-0.3, -0.25) is 4.90 Å². The highest BCUT2D eigenvalue weighted by Crippen LogP contribution is 2.12. The molecule has 0 bridgehead atoms. The van der Waals surface area contributed by atoms with E-state index in [9.17, 15) is 4.39 Å². The van der Waals surface area contributed by atoms with Crippen molar-refractivity contribution in [2.24, 2.45) is 0 Å². The first-order valence-corrected chi connectivity index (χ1v) is 6.90. The van der Waals surface area contributed by atoms with Gasteiger partial charge < -0.3 is 4.90 Å². The summed E-state index contributed by atoms with van der Waals surface area (Å²) >= 11 is 0. The van der Waals surface area contributed by atoms with Crippen molar-refractivity contribution >= 4 is 0 Å². The van der Waals surface area contributed by atoms with Crippen LogP contribution < -0.4 is 0 Å². The Morgan fingerprint density at radius 2 is 1.72 bits per heavy atom. The van der Waals surface area contributed by atoms with Gasteiger partial charge in [-0.15, -0.1) is 0 Å². The lowest BCUT2D eigenvalue weighted by atomic mass is 10.1. The second kappa shape index (κ2) is 6.30. The maximum absolute atomic E-state index is 12.8. The molecule has 1 saturated heterocycles. The molecule has 0 aliphatic carbocycles. The van der Waals surface area contributed by atoms with Crippen molar-refractivity contribution < 1.29 is 4.39 Å². The minimum absolute atomic E-state index is 0.150. The maximum Gasteiger partial charge on any atom is 0.123 e. The molecule has 0 saturated carbocycles. The molecule has 2 nitrogen and oxygen atoms in total. The van der Waals surface area contributed by atoms with Gasteiger partial charge in [-0.2, -0.15) is 0 Å².